The first-order valence-corrected chi connectivity index (χ1v) is 8.13. The number of hydrogen-bond donors (Lipinski definition) is 1. The molecule has 0 saturated carbocycles. The highest BCUT2D eigenvalue weighted by atomic mass is 127. The average molecular weight is 415 g/mol. The Morgan fingerprint density at radius 1 is 1.04 bits per heavy atom. The maximum atomic E-state index is 12.2. The summed E-state index contributed by atoms with van der Waals surface area (Å²) in [6.45, 7) is 0. The fourth-order valence-corrected chi connectivity index (χ4v) is 2.65. The highest BCUT2D eigenvalue weighted by molar-refractivity contribution is 14.1. The molecule has 0 aliphatic heterocycles. The van der Waals surface area contributed by atoms with Gasteiger partial charge in [-0.25, -0.2) is 5.43 Å². The normalized spacial score (nSPS) is 10.8. The summed E-state index contributed by atoms with van der Waals surface area (Å²) in [5, 5.41) is 4.04. The van der Waals surface area contributed by atoms with Gasteiger partial charge in [0.15, 0.2) is 0 Å². The van der Waals surface area contributed by atoms with Crippen LogP contribution < -0.4 is 5.43 Å². The molecule has 0 unspecified atom stereocenters. The minimum absolute atomic E-state index is 0.235. The number of aromatic nitrogens is 1. The molecule has 1 heterocycles. The number of nitrogens with zero attached hydrogens (tertiary/aromatic N) is 2. The highest BCUT2D eigenvalue weighted by Gasteiger charge is 2.05. The molecule has 5 heteroatoms. The fraction of sp³-hybridized carbons (Fsp3) is 0. The number of halogens is 1. The lowest BCUT2D eigenvalue weighted by atomic mass is 10.2. The number of hydrogen-bond acceptors (Lipinski definition) is 2. The van der Waals surface area contributed by atoms with E-state index in [1.54, 1.807) is 12.3 Å². The molecule has 0 bridgehead atoms. The molecule has 0 fully saturated rings. The van der Waals surface area contributed by atoms with Crippen LogP contribution in [0.4, 0.5) is 0 Å². The third kappa shape index (κ3) is 3.87. The van der Waals surface area contributed by atoms with E-state index in [9.17, 15) is 4.79 Å². The van der Waals surface area contributed by atoms with Crippen LogP contribution in [0.2, 0.25) is 0 Å². The molecule has 0 atom stereocenters. The third-order valence-electron chi connectivity index (χ3n) is 3.29. The van der Waals surface area contributed by atoms with E-state index in [0.29, 0.717) is 5.56 Å². The van der Waals surface area contributed by atoms with Gasteiger partial charge in [0.05, 0.1) is 6.21 Å². The van der Waals surface area contributed by atoms with Crippen LogP contribution in [0.3, 0.4) is 0 Å². The van der Waals surface area contributed by atoms with Crippen LogP contribution in [0, 0.1) is 3.57 Å². The number of nitrogens with one attached hydrogen (secondary N) is 1. The van der Waals surface area contributed by atoms with E-state index in [1.165, 1.54) is 0 Å². The minimum Gasteiger partial charge on any atom is -0.324 e. The standard InChI is InChI=1S/C18H14IN3O/c19-17-9-2-1-6-15(17)13-20-21-18(23)14-7-5-8-16(12-14)22-10-3-4-11-22/h1-13H,(H,21,23)/b20-13+. The van der Waals surface area contributed by atoms with Crippen molar-refractivity contribution in [3.8, 4) is 5.69 Å². The monoisotopic (exact) mass is 415 g/mol. The zero-order valence-corrected chi connectivity index (χ0v) is 14.3. The fourth-order valence-electron chi connectivity index (χ4n) is 2.12. The van der Waals surface area contributed by atoms with Crippen molar-refractivity contribution < 1.29 is 4.79 Å². The lowest BCUT2D eigenvalue weighted by molar-refractivity contribution is 0.0955. The SMILES string of the molecule is O=C(N/N=C/c1ccccc1I)c1cccc(-n2cccc2)c1. The van der Waals surface area contributed by atoms with Crippen molar-refractivity contribution in [2.24, 2.45) is 5.10 Å². The minimum atomic E-state index is -0.235. The second-order valence-corrected chi connectivity index (χ2v) is 6.02. The molecule has 0 aliphatic rings. The lowest BCUT2D eigenvalue weighted by Gasteiger charge is -2.05. The molecule has 1 N–H and O–H groups in total. The Bertz CT molecular complexity index is 841. The maximum absolute atomic E-state index is 12.2. The first kappa shape index (κ1) is 15.5. The number of hydrazone groups is 1. The predicted octanol–water partition coefficient (Wildman–Crippen LogP) is 3.85. The Morgan fingerprint density at radius 3 is 2.61 bits per heavy atom. The molecular formula is C18H14IN3O. The molecule has 0 saturated heterocycles. The number of benzene rings is 2. The number of amides is 1. The molecule has 23 heavy (non-hydrogen) atoms. The Labute approximate surface area is 148 Å². The van der Waals surface area contributed by atoms with Crippen molar-refractivity contribution in [2.45, 2.75) is 0 Å². The van der Waals surface area contributed by atoms with Crippen molar-refractivity contribution >= 4 is 34.7 Å². The molecule has 114 valence electrons. The summed E-state index contributed by atoms with van der Waals surface area (Å²) in [5.74, 6) is -0.235. The van der Waals surface area contributed by atoms with E-state index in [0.717, 1.165) is 14.8 Å². The molecule has 0 radical (unpaired) electrons. The van der Waals surface area contributed by atoms with E-state index >= 15 is 0 Å². The van der Waals surface area contributed by atoms with Gasteiger partial charge in [-0.05, 0) is 59.0 Å². The number of rotatable bonds is 4. The number of carbonyl (C=O) groups is 1. The van der Waals surface area contributed by atoms with Gasteiger partial charge in [0.25, 0.3) is 5.91 Å². The van der Waals surface area contributed by atoms with Crippen LogP contribution in [-0.2, 0) is 0 Å². The quantitative estimate of drug-likeness (QED) is 0.393. The zero-order valence-electron chi connectivity index (χ0n) is 12.2. The van der Waals surface area contributed by atoms with E-state index < -0.39 is 0 Å². The smallest absolute Gasteiger partial charge is 0.271 e. The van der Waals surface area contributed by atoms with Crippen LogP contribution in [0.25, 0.3) is 5.69 Å². The molecule has 4 nitrogen and oxygen atoms in total. The van der Waals surface area contributed by atoms with Gasteiger partial charge in [-0.1, -0.05) is 24.3 Å². The largest absolute Gasteiger partial charge is 0.324 e. The molecule has 3 aromatic rings. The van der Waals surface area contributed by atoms with Gasteiger partial charge in [0.1, 0.15) is 0 Å². The molecule has 0 aliphatic carbocycles. The van der Waals surface area contributed by atoms with Crippen molar-refractivity contribution in [1.82, 2.24) is 9.99 Å². The third-order valence-corrected chi connectivity index (χ3v) is 4.27. The van der Waals surface area contributed by atoms with Crippen LogP contribution in [-0.4, -0.2) is 16.7 Å². The molecule has 1 amide bonds. The van der Waals surface area contributed by atoms with Crippen molar-refractivity contribution in [3.05, 3.63) is 87.8 Å². The topological polar surface area (TPSA) is 46.4 Å². The summed E-state index contributed by atoms with van der Waals surface area (Å²) in [5.41, 5.74) is 5.03. The summed E-state index contributed by atoms with van der Waals surface area (Å²) >= 11 is 2.23. The van der Waals surface area contributed by atoms with Gasteiger partial charge in [-0.2, -0.15) is 5.10 Å². The Balaban J connectivity index is 1.72. The van der Waals surface area contributed by atoms with E-state index in [-0.39, 0.29) is 5.91 Å². The van der Waals surface area contributed by atoms with Crippen molar-refractivity contribution in [2.75, 3.05) is 0 Å². The first-order chi connectivity index (χ1) is 11.2. The Hall–Kier alpha value is -2.41. The maximum Gasteiger partial charge on any atom is 0.271 e. The second kappa shape index (κ2) is 7.23. The molecule has 3 rings (SSSR count). The Morgan fingerprint density at radius 2 is 1.83 bits per heavy atom. The van der Waals surface area contributed by atoms with Gasteiger partial charge < -0.3 is 4.57 Å². The first-order valence-electron chi connectivity index (χ1n) is 7.05. The Kier molecular flexibility index (Phi) is 4.87. The molecule has 2 aromatic carbocycles. The highest BCUT2D eigenvalue weighted by Crippen LogP contribution is 2.11. The molecule has 1 aromatic heterocycles. The van der Waals surface area contributed by atoms with Gasteiger partial charge in [0.2, 0.25) is 0 Å². The van der Waals surface area contributed by atoms with Crippen LogP contribution in [0.15, 0.2) is 78.2 Å². The van der Waals surface area contributed by atoms with E-state index in [1.807, 2.05) is 71.6 Å². The lowest BCUT2D eigenvalue weighted by Crippen LogP contribution is -2.17. The summed E-state index contributed by atoms with van der Waals surface area (Å²) < 4.78 is 3.03. The average Bonchev–Trinajstić information content (AvgIpc) is 3.11. The van der Waals surface area contributed by atoms with Crippen molar-refractivity contribution in [3.63, 3.8) is 0 Å². The van der Waals surface area contributed by atoms with Crippen LogP contribution in [0.5, 0.6) is 0 Å². The van der Waals surface area contributed by atoms with Crippen molar-refractivity contribution in [1.29, 1.82) is 0 Å². The summed E-state index contributed by atoms with van der Waals surface area (Å²) in [4.78, 5) is 12.2. The summed E-state index contributed by atoms with van der Waals surface area (Å²) in [7, 11) is 0. The van der Waals surface area contributed by atoms with Gasteiger partial charge >= 0.3 is 0 Å². The predicted molar refractivity (Wildman–Crippen MR) is 100.0 cm³/mol. The summed E-state index contributed by atoms with van der Waals surface area (Å²) in [6.07, 6.45) is 5.52. The molecule has 0 spiro atoms. The van der Waals surface area contributed by atoms with Gasteiger partial charge in [-0.3, -0.25) is 4.79 Å². The van der Waals surface area contributed by atoms with Crippen LogP contribution >= 0.6 is 22.6 Å². The number of carbonyl (C=O) groups excluding carboxylic acids is 1. The van der Waals surface area contributed by atoms with E-state index in [2.05, 4.69) is 33.1 Å². The van der Waals surface area contributed by atoms with E-state index in [4.69, 9.17) is 0 Å². The van der Waals surface area contributed by atoms with Gasteiger partial charge in [-0.15, -0.1) is 0 Å². The summed E-state index contributed by atoms with van der Waals surface area (Å²) in [6, 6.07) is 19.1. The zero-order chi connectivity index (χ0) is 16.1. The van der Waals surface area contributed by atoms with Gasteiger partial charge in [0, 0.05) is 32.8 Å². The van der Waals surface area contributed by atoms with Crippen LogP contribution in [0.1, 0.15) is 15.9 Å². The molecular weight excluding hydrogens is 401 g/mol. The second-order valence-electron chi connectivity index (χ2n) is 4.86.